The predicted octanol–water partition coefficient (Wildman–Crippen LogP) is 1.93. The molecule has 0 spiro atoms. The van der Waals surface area contributed by atoms with E-state index in [1.807, 2.05) is 0 Å². The highest BCUT2D eigenvalue weighted by molar-refractivity contribution is 6.48. The zero-order valence-corrected chi connectivity index (χ0v) is 8.91. The van der Waals surface area contributed by atoms with E-state index in [0.29, 0.717) is 25.1 Å². The molecule has 1 aliphatic carbocycles. The van der Waals surface area contributed by atoms with Crippen molar-refractivity contribution in [1.29, 1.82) is 0 Å². The molecule has 0 amide bonds. The van der Waals surface area contributed by atoms with Gasteiger partial charge in [-0.15, -0.1) is 0 Å². The number of rotatable bonds is 1. The molecular weight excluding hydrogens is 173 g/mol. The summed E-state index contributed by atoms with van der Waals surface area (Å²) < 4.78 is 6.07. The Bertz CT molecular complexity index is 268. The molecule has 1 unspecified atom stereocenters. The van der Waals surface area contributed by atoms with Crippen LogP contribution in [-0.4, -0.2) is 30.6 Å². The van der Waals surface area contributed by atoms with E-state index < -0.39 is 0 Å². The fourth-order valence-electron chi connectivity index (χ4n) is 3.29. The fraction of sp³-hybridized carbons (Fsp3) is 0.818. The van der Waals surface area contributed by atoms with Crippen molar-refractivity contribution in [2.45, 2.75) is 44.7 Å². The van der Waals surface area contributed by atoms with Crippen molar-refractivity contribution in [3.63, 3.8) is 0 Å². The normalized spacial score (nSPS) is 42.8. The lowest BCUT2D eigenvalue weighted by Gasteiger charge is -2.36. The van der Waals surface area contributed by atoms with Gasteiger partial charge in [-0.25, -0.2) is 0 Å². The molecule has 2 heterocycles. The first-order valence-electron chi connectivity index (χ1n) is 5.86. The first kappa shape index (κ1) is 8.99. The molecular formula is C11H18BNO. The lowest BCUT2D eigenvalue weighted by Crippen LogP contribution is -2.39. The van der Waals surface area contributed by atoms with Gasteiger partial charge in [0.25, 0.3) is 0 Å². The molecule has 3 atom stereocenters. The third-order valence-electron chi connectivity index (χ3n) is 4.24. The van der Waals surface area contributed by atoms with Gasteiger partial charge < -0.3 is 9.47 Å². The molecule has 3 heteroatoms. The molecule has 2 nitrogen and oxygen atoms in total. The highest BCUT2D eigenvalue weighted by Gasteiger charge is 2.49. The second kappa shape index (κ2) is 3.11. The molecule has 3 rings (SSSR count). The van der Waals surface area contributed by atoms with Gasteiger partial charge in [0.05, 0.1) is 6.10 Å². The average molecular weight is 191 g/mol. The SMILES string of the molecule is C=C1CCC1[C@H]1OB(C)N2CCC[C@@H]12. The van der Waals surface area contributed by atoms with Gasteiger partial charge >= 0.3 is 7.05 Å². The molecule has 0 bridgehead atoms. The Kier molecular flexibility index (Phi) is 2.00. The van der Waals surface area contributed by atoms with Crippen LogP contribution in [0.3, 0.4) is 0 Å². The van der Waals surface area contributed by atoms with Crippen LogP contribution in [0, 0.1) is 5.92 Å². The van der Waals surface area contributed by atoms with Crippen molar-refractivity contribution in [2.24, 2.45) is 5.92 Å². The number of nitrogens with zero attached hydrogens (tertiary/aromatic N) is 1. The Morgan fingerprint density at radius 2 is 2.36 bits per heavy atom. The van der Waals surface area contributed by atoms with Crippen LogP contribution in [0.5, 0.6) is 0 Å². The predicted molar refractivity (Wildman–Crippen MR) is 58.1 cm³/mol. The molecule has 0 aromatic heterocycles. The van der Waals surface area contributed by atoms with Crippen molar-refractivity contribution < 1.29 is 4.65 Å². The van der Waals surface area contributed by atoms with Gasteiger partial charge in [0.2, 0.25) is 0 Å². The first-order chi connectivity index (χ1) is 6.77. The van der Waals surface area contributed by atoms with E-state index in [1.54, 1.807) is 0 Å². The van der Waals surface area contributed by atoms with Gasteiger partial charge in [-0.2, -0.15) is 0 Å². The standard InChI is InChI=1S/C11H18BNO/c1-8-5-6-9(8)11-10-4-3-7-13(10)12(2)14-11/h9-11H,1,3-7H2,2H3/t9?,10-,11+/m0/s1. The van der Waals surface area contributed by atoms with Crippen LogP contribution in [0.2, 0.25) is 6.82 Å². The van der Waals surface area contributed by atoms with E-state index in [-0.39, 0.29) is 0 Å². The smallest absolute Gasteiger partial charge is 0.379 e. The van der Waals surface area contributed by atoms with E-state index in [2.05, 4.69) is 18.2 Å². The summed E-state index contributed by atoms with van der Waals surface area (Å²) in [6.45, 7) is 7.56. The topological polar surface area (TPSA) is 12.5 Å². The lowest BCUT2D eigenvalue weighted by molar-refractivity contribution is 0.119. The Hall–Kier alpha value is -0.275. The van der Waals surface area contributed by atoms with E-state index >= 15 is 0 Å². The zero-order valence-electron chi connectivity index (χ0n) is 8.91. The molecule has 0 N–H and O–H groups in total. The molecule has 2 aliphatic heterocycles. The zero-order chi connectivity index (χ0) is 9.71. The Morgan fingerprint density at radius 3 is 3.00 bits per heavy atom. The molecule has 0 aromatic rings. The van der Waals surface area contributed by atoms with E-state index in [0.717, 1.165) is 0 Å². The number of fused-ring (bicyclic) bond motifs is 1. The van der Waals surface area contributed by atoms with E-state index in [9.17, 15) is 0 Å². The first-order valence-corrected chi connectivity index (χ1v) is 5.86. The summed E-state index contributed by atoms with van der Waals surface area (Å²) in [5.74, 6) is 0.672. The van der Waals surface area contributed by atoms with Gasteiger partial charge in [0.1, 0.15) is 0 Å². The van der Waals surface area contributed by atoms with Gasteiger partial charge in [-0.05, 0) is 39.1 Å². The summed E-state index contributed by atoms with van der Waals surface area (Å²) in [4.78, 5) is 2.54. The van der Waals surface area contributed by atoms with Crippen molar-refractivity contribution >= 4 is 7.05 Å². The maximum atomic E-state index is 6.07. The molecule has 0 aromatic carbocycles. The van der Waals surface area contributed by atoms with Crippen molar-refractivity contribution in [2.75, 3.05) is 6.54 Å². The third kappa shape index (κ3) is 1.12. The highest BCUT2D eigenvalue weighted by Crippen LogP contribution is 2.43. The van der Waals surface area contributed by atoms with E-state index in [1.165, 1.54) is 37.8 Å². The fourth-order valence-corrected chi connectivity index (χ4v) is 3.29. The summed E-state index contributed by atoms with van der Waals surface area (Å²) in [6.07, 6.45) is 5.69. The lowest BCUT2D eigenvalue weighted by atomic mass is 9.74. The number of hydrogen-bond acceptors (Lipinski definition) is 2. The molecule has 3 fully saturated rings. The molecule has 3 aliphatic rings. The Balaban J connectivity index is 1.77. The third-order valence-corrected chi connectivity index (χ3v) is 4.24. The quantitative estimate of drug-likeness (QED) is 0.463. The minimum Gasteiger partial charge on any atom is -0.416 e. The second-order valence-electron chi connectivity index (χ2n) is 4.95. The van der Waals surface area contributed by atoms with Crippen molar-refractivity contribution in [3.8, 4) is 0 Å². The molecule has 1 saturated carbocycles. The van der Waals surface area contributed by atoms with Gasteiger partial charge in [-0.3, -0.25) is 0 Å². The van der Waals surface area contributed by atoms with Crippen LogP contribution in [0.15, 0.2) is 12.2 Å². The van der Waals surface area contributed by atoms with Gasteiger partial charge in [-0.1, -0.05) is 12.2 Å². The van der Waals surface area contributed by atoms with Crippen LogP contribution in [0.25, 0.3) is 0 Å². The van der Waals surface area contributed by atoms with Crippen LogP contribution < -0.4 is 0 Å². The maximum absolute atomic E-state index is 6.07. The molecule has 76 valence electrons. The van der Waals surface area contributed by atoms with Gasteiger partial charge in [0, 0.05) is 12.0 Å². The summed E-state index contributed by atoms with van der Waals surface area (Å²) in [5, 5.41) is 0. The summed E-state index contributed by atoms with van der Waals surface area (Å²) in [5.41, 5.74) is 1.43. The van der Waals surface area contributed by atoms with Crippen LogP contribution in [0.1, 0.15) is 25.7 Å². The number of hydrogen-bond donors (Lipinski definition) is 0. The van der Waals surface area contributed by atoms with Crippen LogP contribution in [-0.2, 0) is 4.65 Å². The Labute approximate surface area is 86.4 Å². The molecule has 2 saturated heterocycles. The summed E-state index contributed by atoms with van der Waals surface area (Å²) >= 11 is 0. The largest absolute Gasteiger partial charge is 0.416 e. The van der Waals surface area contributed by atoms with Crippen molar-refractivity contribution in [3.05, 3.63) is 12.2 Å². The van der Waals surface area contributed by atoms with E-state index in [4.69, 9.17) is 4.65 Å². The average Bonchev–Trinajstić information content (AvgIpc) is 2.70. The molecule has 14 heavy (non-hydrogen) atoms. The summed E-state index contributed by atoms with van der Waals surface area (Å²) in [7, 11) is 0.348. The Morgan fingerprint density at radius 1 is 1.50 bits per heavy atom. The minimum atomic E-state index is 0.348. The van der Waals surface area contributed by atoms with Crippen molar-refractivity contribution in [1.82, 2.24) is 4.81 Å². The molecule has 0 radical (unpaired) electrons. The van der Waals surface area contributed by atoms with Crippen LogP contribution in [0.4, 0.5) is 0 Å². The monoisotopic (exact) mass is 191 g/mol. The maximum Gasteiger partial charge on any atom is 0.379 e. The van der Waals surface area contributed by atoms with Gasteiger partial charge in [0.15, 0.2) is 0 Å². The summed E-state index contributed by atoms with van der Waals surface area (Å²) in [6, 6.07) is 0.701. The van der Waals surface area contributed by atoms with Crippen LogP contribution >= 0.6 is 0 Å². The minimum absolute atomic E-state index is 0.348. The second-order valence-corrected chi connectivity index (χ2v) is 4.95. The highest BCUT2D eigenvalue weighted by atomic mass is 16.5.